The Hall–Kier alpha value is -1.99. The fourth-order valence-corrected chi connectivity index (χ4v) is 4.71. The Kier molecular flexibility index (Phi) is 5.87. The van der Waals surface area contributed by atoms with Gasteiger partial charge in [-0.15, -0.1) is 0 Å². The Morgan fingerprint density at radius 1 is 0.541 bits per heavy atom. The lowest BCUT2D eigenvalue weighted by molar-refractivity contribution is -0.619. The van der Waals surface area contributed by atoms with E-state index in [1.807, 2.05) is 0 Å². The Morgan fingerprint density at radius 3 is 1.19 bits per heavy atom. The van der Waals surface area contributed by atoms with E-state index in [4.69, 9.17) is 0 Å². The molecule has 214 valence electrons. The van der Waals surface area contributed by atoms with Crippen molar-refractivity contribution in [3.05, 3.63) is 12.4 Å². The molecule has 0 saturated heterocycles. The standard InChI is InChI=1S/C17H10F16O4/c1-6(18)7(34)36-4-2-35-3-5-37-11-15(28,29)8(19)12(22,23)9(20,16(11,30)31)14(26,27)10(21,13(8,24)25)17(11,32)33/h1-5H2. The number of esters is 1. The zero-order valence-electron chi connectivity index (χ0n) is 17.2. The van der Waals surface area contributed by atoms with Crippen LogP contribution in [-0.2, 0) is 19.0 Å². The monoisotopic (exact) mass is 582 g/mol. The van der Waals surface area contributed by atoms with Crippen LogP contribution in [0.1, 0.15) is 0 Å². The first kappa shape index (κ1) is 29.6. The molecular formula is C17H10F16O4. The lowest BCUT2D eigenvalue weighted by Crippen LogP contribution is -3.10. The van der Waals surface area contributed by atoms with Gasteiger partial charge in [0, 0.05) is 0 Å². The van der Waals surface area contributed by atoms with E-state index >= 15 is 0 Å². The molecule has 4 saturated carbocycles. The third-order valence-corrected chi connectivity index (χ3v) is 6.45. The summed E-state index contributed by atoms with van der Waals surface area (Å²) in [4.78, 5) is 10.7. The molecule has 0 aromatic carbocycles. The van der Waals surface area contributed by atoms with Crippen molar-refractivity contribution in [3.8, 4) is 0 Å². The lowest BCUT2D eigenvalue weighted by Gasteiger charge is -2.74. The number of carbonyl (C=O) groups is 1. The molecule has 0 aromatic rings. The molecule has 4 bridgehead atoms. The van der Waals surface area contributed by atoms with Gasteiger partial charge in [-0.25, -0.2) is 18.0 Å². The van der Waals surface area contributed by atoms with Crippen LogP contribution in [-0.4, -0.2) is 90.5 Å². The number of hydrogen-bond acceptors (Lipinski definition) is 4. The second kappa shape index (κ2) is 7.35. The molecule has 0 amide bonds. The van der Waals surface area contributed by atoms with E-state index in [-0.39, 0.29) is 0 Å². The molecule has 0 atom stereocenters. The van der Waals surface area contributed by atoms with Crippen LogP contribution in [0.15, 0.2) is 12.4 Å². The summed E-state index contributed by atoms with van der Waals surface area (Å²) in [6.07, 6.45) is 0. The third kappa shape index (κ3) is 2.38. The van der Waals surface area contributed by atoms with Gasteiger partial charge < -0.3 is 14.2 Å². The summed E-state index contributed by atoms with van der Waals surface area (Å²) in [6.45, 7) is -3.20. The van der Waals surface area contributed by atoms with Gasteiger partial charge in [-0.1, -0.05) is 6.58 Å². The highest BCUT2D eigenvalue weighted by atomic mass is 19.3. The predicted molar refractivity (Wildman–Crippen MR) is 81.9 cm³/mol. The number of ether oxygens (including phenoxy) is 3. The van der Waals surface area contributed by atoms with Crippen LogP contribution >= 0.6 is 0 Å². The van der Waals surface area contributed by atoms with Crippen LogP contribution < -0.4 is 0 Å². The second-order valence-corrected chi connectivity index (χ2v) is 8.10. The Morgan fingerprint density at radius 2 is 0.865 bits per heavy atom. The van der Waals surface area contributed by atoms with Gasteiger partial charge in [-0.05, 0) is 0 Å². The normalized spacial score (nSPS) is 40.9. The van der Waals surface area contributed by atoms with E-state index in [0.29, 0.717) is 0 Å². The topological polar surface area (TPSA) is 44.8 Å². The minimum atomic E-state index is -7.89. The van der Waals surface area contributed by atoms with Crippen molar-refractivity contribution in [2.45, 2.75) is 58.1 Å². The maximum Gasteiger partial charge on any atom is 0.366 e. The van der Waals surface area contributed by atoms with Crippen molar-refractivity contribution in [1.82, 2.24) is 0 Å². The highest BCUT2D eigenvalue weighted by Crippen LogP contribution is 2.88. The molecule has 4 aliphatic rings. The molecule has 0 unspecified atom stereocenters. The molecule has 0 aliphatic heterocycles. The van der Waals surface area contributed by atoms with Gasteiger partial charge in [0.15, 0.2) is 0 Å². The van der Waals surface area contributed by atoms with Crippen molar-refractivity contribution in [1.29, 1.82) is 0 Å². The fraction of sp³-hybridized carbons (Fsp3) is 0.824. The Balaban J connectivity index is 2.09. The van der Waals surface area contributed by atoms with Crippen molar-refractivity contribution >= 4 is 5.97 Å². The second-order valence-electron chi connectivity index (χ2n) is 8.10. The summed E-state index contributed by atoms with van der Waals surface area (Å²) in [5.41, 5.74) is -30.2. The number of halogens is 16. The zero-order valence-corrected chi connectivity index (χ0v) is 17.2. The van der Waals surface area contributed by atoms with Crippen molar-refractivity contribution < 1.29 is 89.3 Å². The van der Waals surface area contributed by atoms with Crippen molar-refractivity contribution in [2.75, 3.05) is 26.4 Å². The minimum Gasteiger partial charge on any atom is -0.458 e. The van der Waals surface area contributed by atoms with Crippen molar-refractivity contribution in [2.24, 2.45) is 0 Å². The zero-order chi connectivity index (χ0) is 29.1. The largest absolute Gasteiger partial charge is 0.458 e. The first-order chi connectivity index (χ1) is 16.3. The minimum absolute atomic E-state index is 0.936. The molecule has 4 aliphatic carbocycles. The summed E-state index contributed by atoms with van der Waals surface area (Å²) >= 11 is 0. The number of hydrogen-bond donors (Lipinski definition) is 0. The van der Waals surface area contributed by atoms with Gasteiger partial charge >= 0.3 is 58.5 Å². The molecule has 37 heavy (non-hydrogen) atoms. The quantitative estimate of drug-likeness (QED) is 0.179. The molecule has 4 fully saturated rings. The van der Waals surface area contributed by atoms with E-state index in [0.717, 1.165) is 0 Å². The van der Waals surface area contributed by atoms with Crippen LogP contribution in [0.5, 0.6) is 0 Å². The molecule has 4 rings (SSSR count). The van der Waals surface area contributed by atoms with E-state index in [9.17, 15) is 75.0 Å². The van der Waals surface area contributed by atoms with Crippen LogP contribution in [0.3, 0.4) is 0 Å². The number of alkyl halides is 15. The lowest BCUT2D eigenvalue weighted by atomic mass is 9.40. The predicted octanol–water partition coefficient (Wildman–Crippen LogP) is 4.76. The molecule has 20 heteroatoms. The van der Waals surface area contributed by atoms with E-state index in [2.05, 4.69) is 20.8 Å². The average molecular weight is 582 g/mol. The summed E-state index contributed by atoms with van der Waals surface area (Å²) in [5.74, 6) is -49.9. The van der Waals surface area contributed by atoms with Crippen LogP contribution in [0.2, 0.25) is 0 Å². The molecule has 4 nitrogen and oxygen atoms in total. The average Bonchev–Trinajstić information content (AvgIpc) is 2.74. The summed E-state index contributed by atoms with van der Waals surface area (Å²) < 4.78 is 243. The van der Waals surface area contributed by atoms with E-state index in [1.54, 1.807) is 0 Å². The number of rotatable bonds is 8. The Labute approximate surface area is 193 Å². The molecule has 0 aromatic heterocycles. The van der Waals surface area contributed by atoms with Crippen LogP contribution in [0.4, 0.5) is 70.2 Å². The van der Waals surface area contributed by atoms with Crippen molar-refractivity contribution in [3.63, 3.8) is 0 Å². The van der Waals surface area contributed by atoms with E-state index < -0.39 is 96.4 Å². The van der Waals surface area contributed by atoms with Crippen LogP contribution in [0.25, 0.3) is 0 Å². The van der Waals surface area contributed by atoms with Gasteiger partial charge in [0.25, 0.3) is 5.60 Å². The highest BCUT2D eigenvalue weighted by molar-refractivity contribution is 5.85. The van der Waals surface area contributed by atoms with Gasteiger partial charge in [-0.2, -0.15) is 57.1 Å². The van der Waals surface area contributed by atoms with Gasteiger partial charge in [-0.3, -0.25) is 0 Å². The summed E-state index contributed by atoms with van der Waals surface area (Å²) in [7, 11) is 0. The smallest absolute Gasteiger partial charge is 0.366 e. The molecule has 0 N–H and O–H groups in total. The fourth-order valence-electron chi connectivity index (χ4n) is 4.71. The maximum absolute atomic E-state index is 14.9. The van der Waals surface area contributed by atoms with E-state index in [1.165, 1.54) is 0 Å². The Bertz CT molecular complexity index is 896. The maximum atomic E-state index is 14.9. The first-order valence-electron chi connectivity index (χ1n) is 9.39. The van der Waals surface area contributed by atoms with Gasteiger partial charge in [0.1, 0.15) is 6.61 Å². The van der Waals surface area contributed by atoms with Gasteiger partial charge in [0.05, 0.1) is 19.8 Å². The summed E-state index contributed by atoms with van der Waals surface area (Å²) in [5, 5.41) is 0. The first-order valence-corrected chi connectivity index (χ1v) is 9.39. The number of carbonyl (C=O) groups excluding carboxylic acids is 1. The molecule has 0 spiro atoms. The molecule has 0 heterocycles. The summed E-state index contributed by atoms with van der Waals surface area (Å²) in [6, 6.07) is 0. The SMILES string of the molecule is C=C(F)C(=O)OCCOCCOC12C(F)(F)C3(F)C(F)(F)C(F)(C(F)(F)C(F)(C3(F)F)C1(F)F)C2(F)F. The van der Waals surface area contributed by atoms with Gasteiger partial charge in [0.2, 0.25) is 5.83 Å². The molecular weight excluding hydrogens is 572 g/mol. The third-order valence-electron chi connectivity index (χ3n) is 6.45. The molecule has 0 radical (unpaired) electrons. The van der Waals surface area contributed by atoms with Crippen LogP contribution in [0, 0.1) is 0 Å². The highest BCUT2D eigenvalue weighted by Gasteiger charge is 3.23.